The number of esters is 1. The topological polar surface area (TPSA) is 120 Å². The lowest BCUT2D eigenvalue weighted by atomic mass is 9.77. The number of benzene rings is 4. The summed E-state index contributed by atoms with van der Waals surface area (Å²) in [5.41, 5.74) is 2.21. The van der Waals surface area contributed by atoms with Crippen LogP contribution in [0.3, 0.4) is 0 Å². The van der Waals surface area contributed by atoms with Gasteiger partial charge in [-0.05, 0) is 48.7 Å². The maximum Gasteiger partial charge on any atom is 0.422 e. The van der Waals surface area contributed by atoms with Gasteiger partial charge in [0.25, 0.3) is 0 Å². The van der Waals surface area contributed by atoms with Crippen molar-refractivity contribution in [3.63, 3.8) is 0 Å². The zero-order valence-corrected chi connectivity index (χ0v) is 23.2. The lowest BCUT2D eigenvalue weighted by Gasteiger charge is -2.37. The molecule has 6 rings (SSSR count). The van der Waals surface area contributed by atoms with Gasteiger partial charge >= 0.3 is 12.1 Å². The van der Waals surface area contributed by atoms with Crippen LogP contribution in [0.15, 0.2) is 84.9 Å². The highest BCUT2D eigenvalue weighted by Gasteiger charge is 2.54. The van der Waals surface area contributed by atoms with Gasteiger partial charge in [-0.25, -0.2) is 19.6 Å². The van der Waals surface area contributed by atoms with Gasteiger partial charge in [-0.2, -0.15) is 0 Å². The fourth-order valence-corrected chi connectivity index (χ4v) is 6.11. The molecule has 9 heteroatoms. The molecule has 1 unspecified atom stereocenters. The van der Waals surface area contributed by atoms with E-state index in [1.165, 1.54) is 29.3 Å². The largest absolute Gasteiger partial charge is 0.508 e. The van der Waals surface area contributed by atoms with Gasteiger partial charge in [0.05, 0.1) is 11.6 Å². The molecule has 1 atom stereocenters. The number of hydrogen-bond acceptors (Lipinski definition) is 7. The summed E-state index contributed by atoms with van der Waals surface area (Å²) in [6, 6.07) is 24.0. The third-order valence-electron chi connectivity index (χ3n) is 7.90. The van der Waals surface area contributed by atoms with Crippen LogP contribution in [-0.4, -0.2) is 50.0 Å². The van der Waals surface area contributed by atoms with E-state index in [1.54, 1.807) is 23.2 Å². The monoisotopic (exact) mass is 566 g/mol. The first-order valence-corrected chi connectivity index (χ1v) is 13.7. The highest BCUT2D eigenvalue weighted by Crippen LogP contribution is 2.57. The molecule has 9 nitrogen and oxygen atoms in total. The van der Waals surface area contributed by atoms with Crippen molar-refractivity contribution < 1.29 is 34.4 Å². The fourth-order valence-electron chi connectivity index (χ4n) is 6.11. The van der Waals surface area contributed by atoms with Crippen LogP contribution in [-0.2, 0) is 23.3 Å². The van der Waals surface area contributed by atoms with Crippen LogP contribution in [0.2, 0.25) is 0 Å². The lowest BCUT2D eigenvalue weighted by Crippen LogP contribution is -2.51. The third kappa shape index (κ3) is 4.38. The lowest BCUT2D eigenvalue weighted by molar-refractivity contribution is -0.0382. The Morgan fingerprint density at radius 2 is 1.52 bits per heavy atom. The van der Waals surface area contributed by atoms with Gasteiger partial charge in [-0.1, -0.05) is 55.5 Å². The van der Waals surface area contributed by atoms with Crippen molar-refractivity contribution in [3.8, 4) is 23.0 Å². The van der Waals surface area contributed by atoms with Crippen LogP contribution in [0.5, 0.6) is 23.0 Å². The summed E-state index contributed by atoms with van der Waals surface area (Å²) in [6.45, 7) is 4.27. The Hall–Kier alpha value is -5.02. The molecule has 0 bridgehead atoms. The molecule has 2 aliphatic rings. The minimum Gasteiger partial charge on any atom is -0.508 e. The van der Waals surface area contributed by atoms with Crippen molar-refractivity contribution in [2.45, 2.75) is 38.5 Å². The molecule has 214 valence electrons. The van der Waals surface area contributed by atoms with Crippen LogP contribution >= 0.6 is 0 Å². The molecular weight excluding hydrogens is 536 g/mol. The number of hydrazine groups is 1. The van der Waals surface area contributed by atoms with Gasteiger partial charge in [0.15, 0.2) is 5.60 Å². The van der Waals surface area contributed by atoms with E-state index in [0.29, 0.717) is 52.3 Å². The Kier molecular flexibility index (Phi) is 6.74. The van der Waals surface area contributed by atoms with Crippen molar-refractivity contribution >= 4 is 12.1 Å². The molecule has 42 heavy (non-hydrogen) atoms. The van der Waals surface area contributed by atoms with Crippen LogP contribution in [0, 0.1) is 0 Å². The standard InChI is InChI=1S/C33H30N2O7/c1-3-34(35(32(39)40)20(2)16-21-8-5-4-6-9-21)19-22-10-7-11-27-30(22)31(38)42-33(27)25-14-12-23(36)17-28(25)41-29-18-24(37)13-15-26(29)33/h4-15,17-18,20,36-37H,3,16,19H2,1-2H3,(H,39,40). The maximum absolute atomic E-state index is 13.8. The summed E-state index contributed by atoms with van der Waals surface area (Å²) in [5, 5.41) is 33.6. The number of fused-ring (bicyclic) bond motifs is 6. The number of carbonyl (C=O) groups excluding carboxylic acids is 1. The van der Waals surface area contributed by atoms with Gasteiger partial charge in [-0.15, -0.1) is 0 Å². The fraction of sp³-hybridized carbons (Fsp3) is 0.212. The zero-order valence-electron chi connectivity index (χ0n) is 23.2. The van der Waals surface area contributed by atoms with Crippen LogP contribution < -0.4 is 4.74 Å². The van der Waals surface area contributed by atoms with E-state index in [0.717, 1.165) is 5.56 Å². The molecule has 0 aromatic heterocycles. The number of ether oxygens (including phenoxy) is 2. The zero-order chi connectivity index (χ0) is 29.6. The molecule has 4 aromatic rings. The summed E-state index contributed by atoms with van der Waals surface area (Å²) in [6.07, 6.45) is -0.562. The van der Waals surface area contributed by atoms with E-state index in [9.17, 15) is 24.9 Å². The van der Waals surface area contributed by atoms with Crippen molar-refractivity contribution in [1.29, 1.82) is 0 Å². The molecule has 1 spiro atoms. The second kappa shape index (κ2) is 10.4. The Labute approximate surface area is 242 Å². The minimum absolute atomic E-state index is 0.0252. The van der Waals surface area contributed by atoms with E-state index in [1.807, 2.05) is 56.3 Å². The molecule has 1 amide bonds. The number of phenolic OH excluding ortho intramolecular Hbond substituents is 2. The molecule has 0 saturated carbocycles. The normalized spacial score (nSPS) is 14.9. The molecule has 3 N–H and O–H groups in total. The quantitative estimate of drug-likeness (QED) is 0.184. The number of hydrogen-bond donors (Lipinski definition) is 3. The highest BCUT2D eigenvalue weighted by atomic mass is 16.6. The first-order chi connectivity index (χ1) is 20.2. The van der Waals surface area contributed by atoms with Crippen molar-refractivity contribution in [3.05, 3.63) is 118 Å². The van der Waals surface area contributed by atoms with Crippen LogP contribution in [0.1, 0.15) is 52.0 Å². The Balaban J connectivity index is 1.43. The molecule has 0 saturated heterocycles. The van der Waals surface area contributed by atoms with Gasteiger partial charge in [0.2, 0.25) is 0 Å². The predicted octanol–water partition coefficient (Wildman–Crippen LogP) is 6.01. The predicted molar refractivity (Wildman–Crippen MR) is 154 cm³/mol. The number of aromatic hydroxyl groups is 2. The Morgan fingerprint density at radius 3 is 2.12 bits per heavy atom. The van der Waals surface area contributed by atoms with Crippen LogP contribution in [0.25, 0.3) is 0 Å². The first-order valence-electron chi connectivity index (χ1n) is 13.7. The molecule has 2 aliphatic heterocycles. The summed E-state index contributed by atoms with van der Waals surface area (Å²) < 4.78 is 12.3. The Morgan fingerprint density at radius 1 is 0.881 bits per heavy atom. The van der Waals surface area contributed by atoms with Crippen molar-refractivity contribution in [1.82, 2.24) is 10.0 Å². The molecular formula is C33H30N2O7. The smallest absolute Gasteiger partial charge is 0.422 e. The highest BCUT2D eigenvalue weighted by molar-refractivity contribution is 5.98. The third-order valence-corrected chi connectivity index (χ3v) is 7.90. The van der Waals surface area contributed by atoms with E-state index < -0.39 is 17.7 Å². The van der Waals surface area contributed by atoms with Crippen molar-refractivity contribution in [2.75, 3.05) is 6.54 Å². The average Bonchev–Trinajstić information content (AvgIpc) is 3.25. The second-order valence-corrected chi connectivity index (χ2v) is 10.5. The van der Waals surface area contributed by atoms with E-state index in [2.05, 4.69) is 0 Å². The summed E-state index contributed by atoms with van der Waals surface area (Å²) in [5.74, 6) is -0.0244. The molecule has 0 fully saturated rings. The Bertz CT molecular complexity index is 1640. The number of rotatable bonds is 7. The van der Waals surface area contributed by atoms with Crippen LogP contribution in [0.4, 0.5) is 4.79 Å². The van der Waals surface area contributed by atoms with Gasteiger partial charge in [0.1, 0.15) is 23.0 Å². The second-order valence-electron chi connectivity index (χ2n) is 10.5. The van der Waals surface area contributed by atoms with E-state index in [4.69, 9.17) is 9.47 Å². The summed E-state index contributed by atoms with van der Waals surface area (Å²) in [7, 11) is 0. The first kappa shape index (κ1) is 27.2. The minimum atomic E-state index is -1.39. The number of phenols is 2. The van der Waals surface area contributed by atoms with Gasteiger partial charge in [-0.3, -0.25) is 0 Å². The molecule has 0 radical (unpaired) electrons. The van der Waals surface area contributed by atoms with Crippen molar-refractivity contribution in [2.24, 2.45) is 0 Å². The number of nitrogens with zero attached hydrogens (tertiary/aromatic N) is 2. The number of amides is 1. The van der Waals surface area contributed by atoms with E-state index >= 15 is 0 Å². The average molecular weight is 567 g/mol. The molecule has 2 heterocycles. The summed E-state index contributed by atoms with van der Waals surface area (Å²) >= 11 is 0. The SMILES string of the molecule is CCN(Cc1cccc2c1C(=O)OC21c2ccc(O)cc2Oc2cc(O)ccc21)N(C(=O)O)C(C)Cc1ccccc1. The maximum atomic E-state index is 13.8. The molecule has 4 aromatic carbocycles. The number of carboxylic acid groups (broad SMARTS) is 1. The van der Waals surface area contributed by atoms with Gasteiger partial charge in [0, 0.05) is 41.9 Å². The molecule has 0 aliphatic carbocycles. The number of carbonyl (C=O) groups is 2. The van der Waals surface area contributed by atoms with Gasteiger partial charge < -0.3 is 24.8 Å². The summed E-state index contributed by atoms with van der Waals surface area (Å²) in [4.78, 5) is 26.3. The van der Waals surface area contributed by atoms with E-state index in [-0.39, 0.29) is 24.1 Å².